The molecule has 1 fully saturated rings. The second-order valence-corrected chi connectivity index (χ2v) is 6.63. The molecule has 1 aromatic rings. The smallest absolute Gasteiger partial charge is 0.315 e. The number of carbonyl (C=O) groups excluding carboxylic acids is 1. The maximum absolute atomic E-state index is 11.8. The van der Waals surface area contributed by atoms with Crippen molar-refractivity contribution in [1.82, 2.24) is 10.6 Å². The second-order valence-electron chi connectivity index (χ2n) is 6.63. The first-order valence-electron chi connectivity index (χ1n) is 8.49. The van der Waals surface area contributed by atoms with Crippen LogP contribution in [0.15, 0.2) is 24.3 Å². The average molecular weight is 320 g/mol. The largest absolute Gasteiger partial charge is 0.490 e. The van der Waals surface area contributed by atoms with Crippen LogP contribution in [0.25, 0.3) is 0 Å². The number of para-hydroxylation sites is 1. The van der Waals surface area contributed by atoms with Gasteiger partial charge in [0.1, 0.15) is 5.75 Å². The van der Waals surface area contributed by atoms with Gasteiger partial charge in [-0.05, 0) is 37.7 Å². The van der Waals surface area contributed by atoms with E-state index in [9.17, 15) is 9.90 Å². The molecule has 0 aliphatic heterocycles. The van der Waals surface area contributed by atoms with Gasteiger partial charge < -0.3 is 20.5 Å². The van der Waals surface area contributed by atoms with E-state index in [0.717, 1.165) is 24.2 Å². The van der Waals surface area contributed by atoms with Crippen LogP contribution in [0.3, 0.4) is 0 Å². The Morgan fingerprint density at radius 2 is 2.04 bits per heavy atom. The molecule has 0 radical (unpaired) electrons. The van der Waals surface area contributed by atoms with Crippen molar-refractivity contribution in [1.29, 1.82) is 0 Å². The molecule has 128 valence electrons. The normalized spacial score (nSPS) is 15.8. The molecule has 1 aliphatic rings. The first-order chi connectivity index (χ1) is 11.0. The van der Waals surface area contributed by atoms with Gasteiger partial charge in [-0.15, -0.1) is 0 Å². The summed E-state index contributed by atoms with van der Waals surface area (Å²) in [5.74, 6) is 1.25. The Labute approximate surface area is 138 Å². The Balaban J connectivity index is 1.75. The third kappa shape index (κ3) is 6.10. The molecule has 0 heterocycles. The van der Waals surface area contributed by atoms with E-state index in [4.69, 9.17) is 4.74 Å². The van der Waals surface area contributed by atoms with Crippen molar-refractivity contribution >= 4 is 6.03 Å². The van der Waals surface area contributed by atoms with E-state index in [1.165, 1.54) is 6.42 Å². The molecule has 5 heteroatoms. The summed E-state index contributed by atoms with van der Waals surface area (Å²) in [5.41, 5.74) is 0.970. The van der Waals surface area contributed by atoms with Crippen molar-refractivity contribution in [2.24, 2.45) is 5.92 Å². The number of amides is 2. The fraction of sp³-hybridized carbons (Fsp3) is 0.611. The Morgan fingerprint density at radius 3 is 2.70 bits per heavy atom. The highest BCUT2D eigenvalue weighted by Gasteiger charge is 2.20. The molecule has 1 aromatic carbocycles. The quantitative estimate of drug-likeness (QED) is 0.690. The fourth-order valence-electron chi connectivity index (χ4n) is 2.51. The highest BCUT2D eigenvalue weighted by molar-refractivity contribution is 5.73. The van der Waals surface area contributed by atoms with E-state index in [1.54, 1.807) is 0 Å². The lowest BCUT2D eigenvalue weighted by molar-refractivity contribution is 0.119. The van der Waals surface area contributed by atoms with Crippen LogP contribution in [0, 0.1) is 5.92 Å². The molecular formula is C18H28N2O3. The third-order valence-electron chi connectivity index (χ3n) is 4.00. The molecule has 0 spiro atoms. The molecule has 1 unspecified atom stereocenters. The number of carbonyl (C=O) groups is 1. The number of ether oxygens (including phenoxy) is 1. The number of urea groups is 1. The SMILES string of the molecule is CC(C)CC(O)CNC(=O)NCc1ccccc1OC1CCC1. The molecule has 5 nitrogen and oxygen atoms in total. The Kier molecular flexibility index (Phi) is 6.71. The van der Waals surface area contributed by atoms with Crippen molar-refractivity contribution in [3.05, 3.63) is 29.8 Å². The number of rotatable bonds is 8. The van der Waals surface area contributed by atoms with Crippen molar-refractivity contribution in [3.63, 3.8) is 0 Å². The zero-order valence-corrected chi connectivity index (χ0v) is 14.0. The number of aliphatic hydroxyl groups excluding tert-OH is 1. The average Bonchev–Trinajstić information content (AvgIpc) is 2.47. The summed E-state index contributed by atoms with van der Waals surface area (Å²) in [6.45, 7) is 4.77. The van der Waals surface area contributed by atoms with Crippen LogP contribution < -0.4 is 15.4 Å². The van der Waals surface area contributed by atoms with Crippen LogP contribution in [-0.2, 0) is 6.54 Å². The summed E-state index contributed by atoms with van der Waals surface area (Å²) >= 11 is 0. The second kappa shape index (κ2) is 8.77. The van der Waals surface area contributed by atoms with E-state index in [1.807, 2.05) is 38.1 Å². The van der Waals surface area contributed by atoms with Crippen LogP contribution in [0.4, 0.5) is 4.79 Å². The number of hydrogen-bond donors (Lipinski definition) is 3. The summed E-state index contributed by atoms with van der Waals surface area (Å²) in [6, 6.07) is 7.52. The van der Waals surface area contributed by atoms with Gasteiger partial charge in [0.15, 0.2) is 0 Å². The molecule has 0 saturated heterocycles. The molecule has 1 aliphatic carbocycles. The number of hydrogen-bond acceptors (Lipinski definition) is 3. The third-order valence-corrected chi connectivity index (χ3v) is 4.00. The van der Waals surface area contributed by atoms with E-state index < -0.39 is 6.10 Å². The van der Waals surface area contributed by atoms with Crippen molar-refractivity contribution in [2.45, 2.75) is 58.3 Å². The van der Waals surface area contributed by atoms with Crippen molar-refractivity contribution < 1.29 is 14.6 Å². The standard InChI is InChI=1S/C18H28N2O3/c1-13(2)10-15(21)12-20-18(22)19-11-14-6-3-4-9-17(14)23-16-7-5-8-16/h3-4,6,9,13,15-16,21H,5,7-8,10-12H2,1-2H3,(H2,19,20,22). The minimum atomic E-state index is -0.505. The summed E-state index contributed by atoms with van der Waals surface area (Å²) in [7, 11) is 0. The van der Waals surface area contributed by atoms with E-state index in [2.05, 4.69) is 10.6 Å². The molecule has 1 atom stereocenters. The lowest BCUT2D eigenvalue weighted by Crippen LogP contribution is -2.39. The van der Waals surface area contributed by atoms with Crippen molar-refractivity contribution in [2.75, 3.05) is 6.54 Å². The number of benzene rings is 1. The molecule has 0 bridgehead atoms. The van der Waals surface area contributed by atoms with Crippen LogP contribution in [0.5, 0.6) is 5.75 Å². The molecule has 0 aromatic heterocycles. The summed E-state index contributed by atoms with van der Waals surface area (Å²) in [6.07, 6.45) is 3.93. The highest BCUT2D eigenvalue weighted by atomic mass is 16.5. The van der Waals surface area contributed by atoms with E-state index >= 15 is 0 Å². The predicted octanol–water partition coefficient (Wildman–Crippen LogP) is 2.82. The topological polar surface area (TPSA) is 70.6 Å². The number of nitrogens with one attached hydrogen (secondary N) is 2. The lowest BCUT2D eigenvalue weighted by atomic mass is 9.96. The Morgan fingerprint density at radius 1 is 1.30 bits per heavy atom. The first-order valence-corrected chi connectivity index (χ1v) is 8.49. The molecular weight excluding hydrogens is 292 g/mol. The maximum Gasteiger partial charge on any atom is 0.315 e. The minimum Gasteiger partial charge on any atom is -0.490 e. The van der Waals surface area contributed by atoms with Gasteiger partial charge in [-0.2, -0.15) is 0 Å². The van der Waals surface area contributed by atoms with Gasteiger partial charge >= 0.3 is 6.03 Å². The van der Waals surface area contributed by atoms with Gasteiger partial charge in [0.2, 0.25) is 0 Å². The summed E-state index contributed by atoms with van der Waals surface area (Å²) < 4.78 is 5.94. The van der Waals surface area contributed by atoms with Gasteiger partial charge in [-0.25, -0.2) is 4.79 Å². The molecule has 2 rings (SSSR count). The van der Waals surface area contributed by atoms with Gasteiger partial charge in [-0.3, -0.25) is 0 Å². The van der Waals surface area contributed by atoms with Crippen LogP contribution in [0.1, 0.15) is 45.1 Å². The van der Waals surface area contributed by atoms with E-state index in [-0.39, 0.29) is 12.6 Å². The lowest BCUT2D eigenvalue weighted by Gasteiger charge is -2.27. The zero-order valence-electron chi connectivity index (χ0n) is 14.0. The van der Waals surface area contributed by atoms with Gasteiger partial charge in [0, 0.05) is 18.7 Å². The van der Waals surface area contributed by atoms with Gasteiger partial charge in [0.25, 0.3) is 0 Å². The monoisotopic (exact) mass is 320 g/mol. The van der Waals surface area contributed by atoms with Gasteiger partial charge in [-0.1, -0.05) is 32.0 Å². The molecule has 3 N–H and O–H groups in total. The number of aliphatic hydroxyl groups is 1. The predicted molar refractivity (Wildman–Crippen MR) is 90.4 cm³/mol. The first kappa shape index (κ1) is 17.6. The fourth-order valence-corrected chi connectivity index (χ4v) is 2.51. The molecule has 2 amide bonds. The minimum absolute atomic E-state index is 0.268. The zero-order chi connectivity index (χ0) is 16.7. The van der Waals surface area contributed by atoms with Crippen molar-refractivity contribution in [3.8, 4) is 5.75 Å². The van der Waals surface area contributed by atoms with E-state index in [0.29, 0.717) is 25.0 Å². The summed E-state index contributed by atoms with van der Waals surface area (Å²) in [4.78, 5) is 11.8. The Bertz CT molecular complexity index is 501. The Hall–Kier alpha value is -1.75. The summed E-state index contributed by atoms with van der Waals surface area (Å²) in [5, 5.41) is 15.3. The van der Waals surface area contributed by atoms with Crippen LogP contribution in [0.2, 0.25) is 0 Å². The molecule has 1 saturated carbocycles. The molecule has 23 heavy (non-hydrogen) atoms. The van der Waals surface area contributed by atoms with Crippen LogP contribution >= 0.6 is 0 Å². The van der Waals surface area contributed by atoms with Gasteiger partial charge in [0.05, 0.1) is 12.2 Å². The maximum atomic E-state index is 11.8. The highest BCUT2D eigenvalue weighted by Crippen LogP contribution is 2.27. The van der Waals surface area contributed by atoms with Crippen LogP contribution in [-0.4, -0.2) is 29.9 Å².